The van der Waals surface area contributed by atoms with E-state index in [4.69, 9.17) is 40.1 Å². The summed E-state index contributed by atoms with van der Waals surface area (Å²) >= 11 is 6.10. The smallest absolute Gasteiger partial charge is 0.347 e. The Balaban J connectivity index is 1.30. The maximum absolute atomic E-state index is 12.0. The third-order valence-corrected chi connectivity index (χ3v) is 4.53. The van der Waals surface area contributed by atoms with Crippen LogP contribution in [0.2, 0.25) is 5.02 Å². The van der Waals surface area contributed by atoms with Crippen LogP contribution in [0.4, 0.5) is 0 Å². The van der Waals surface area contributed by atoms with Crippen LogP contribution < -0.4 is 14.2 Å². The molecule has 0 unspecified atom stereocenters. The number of carbonyl (C=O) groups excluding carboxylic acids is 1. The van der Waals surface area contributed by atoms with E-state index in [1.807, 2.05) is 6.07 Å². The number of nitrogens with zero attached hydrogens (tertiary/aromatic N) is 1. The maximum Gasteiger partial charge on any atom is 0.347 e. The van der Waals surface area contributed by atoms with Crippen LogP contribution in [0.3, 0.4) is 0 Å². The second-order valence-corrected chi connectivity index (χ2v) is 6.78. The molecule has 2 aliphatic heterocycles. The minimum absolute atomic E-state index is 0.00987. The van der Waals surface area contributed by atoms with Crippen LogP contribution in [-0.4, -0.2) is 31.9 Å². The third kappa shape index (κ3) is 4.55. The van der Waals surface area contributed by atoms with E-state index >= 15 is 0 Å². The predicted molar refractivity (Wildman–Crippen MR) is 102 cm³/mol. The molecule has 0 fully saturated rings. The van der Waals surface area contributed by atoms with Gasteiger partial charge in [-0.3, -0.25) is 0 Å². The molecule has 0 spiro atoms. The minimum atomic E-state index is -0.562. The van der Waals surface area contributed by atoms with E-state index in [0.717, 1.165) is 11.1 Å². The van der Waals surface area contributed by atoms with Crippen molar-refractivity contribution in [2.24, 2.45) is 5.16 Å². The molecule has 0 atom stereocenters. The lowest BCUT2D eigenvalue weighted by molar-refractivity contribution is -0.150. The molecular weight excluding hydrogens is 402 g/mol. The molecule has 0 bridgehead atoms. The molecule has 2 aromatic carbocycles. The van der Waals surface area contributed by atoms with E-state index in [0.29, 0.717) is 40.2 Å². The first-order valence-electron chi connectivity index (χ1n) is 8.84. The molecule has 4 rings (SSSR count). The van der Waals surface area contributed by atoms with E-state index in [1.165, 1.54) is 0 Å². The maximum atomic E-state index is 12.0. The molecule has 0 amide bonds. The summed E-state index contributed by atoms with van der Waals surface area (Å²) in [6, 6.07) is 8.89. The van der Waals surface area contributed by atoms with Crippen molar-refractivity contribution in [2.45, 2.75) is 20.1 Å². The Labute approximate surface area is 171 Å². The number of benzene rings is 2. The molecule has 0 N–H and O–H groups in total. The van der Waals surface area contributed by atoms with Crippen LogP contribution >= 0.6 is 11.6 Å². The highest BCUT2D eigenvalue weighted by Gasteiger charge is 2.18. The fourth-order valence-electron chi connectivity index (χ4n) is 2.92. The van der Waals surface area contributed by atoms with Crippen molar-refractivity contribution in [1.82, 2.24) is 0 Å². The van der Waals surface area contributed by atoms with E-state index < -0.39 is 5.97 Å². The van der Waals surface area contributed by atoms with Crippen LogP contribution in [0.1, 0.15) is 23.6 Å². The molecular formula is C20H18ClNO7. The van der Waals surface area contributed by atoms with E-state index in [2.05, 4.69) is 5.16 Å². The van der Waals surface area contributed by atoms with Crippen molar-refractivity contribution in [2.75, 3.05) is 20.2 Å². The number of esters is 1. The normalized spacial score (nSPS) is 14.8. The minimum Gasteiger partial charge on any atom is -0.467 e. The predicted octanol–water partition coefficient (Wildman–Crippen LogP) is 3.42. The Morgan fingerprint density at radius 1 is 1.14 bits per heavy atom. The van der Waals surface area contributed by atoms with Gasteiger partial charge in [0, 0.05) is 21.7 Å². The summed E-state index contributed by atoms with van der Waals surface area (Å²) in [6.07, 6.45) is 0. The van der Waals surface area contributed by atoms with Gasteiger partial charge in [-0.1, -0.05) is 16.8 Å². The van der Waals surface area contributed by atoms with Gasteiger partial charge in [0.25, 0.3) is 0 Å². The summed E-state index contributed by atoms with van der Waals surface area (Å²) in [7, 11) is 0. The highest BCUT2D eigenvalue weighted by molar-refractivity contribution is 6.30. The van der Waals surface area contributed by atoms with Gasteiger partial charge < -0.3 is 28.5 Å². The summed E-state index contributed by atoms with van der Waals surface area (Å²) in [5.74, 6) is 1.40. The van der Waals surface area contributed by atoms with E-state index in [-0.39, 0.29) is 26.8 Å². The van der Waals surface area contributed by atoms with Crippen LogP contribution in [0.25, 0.3) is 0 Å². The van der Waals surface area contributed by atoms with E-state index in [1.54, 1.807) is 31.2 Å². The lowest BCUT2D eigenvalue weighted by atomic mass is 10.1. The Morgan fingerprint density at radius 2 is 2.00 bits per heavy atom. The highest BCUT2D eigenvalue weighted by Crippen LogP contribution is 2.33. The number of ether oxygens (including phenoxy) is 5. The van der Waals surface area contributed by atoms with Crippen LogP contribution in [0.15, 0.2) is 35.5 Å². The zero-order valence-corrected chi connectivity index (χ0v) is 16.4. The number of oxime groups is 1. The van der Waals surface area contributed by atoms with Crippen LogP contribution in [0, 0.1) is 0 Å². The lowest BCUT2D eigenvalue weighted by Crippen LogP contribution is -2.15. The Morgan fingerprint density at radius 3 is 2.90 bits per heavy atom. The molecule has 2 heterocycles. The molecule has 8 nitrogen and oxygen atoms in total. The summed E-state index contributed by atoms with van der Waals surface area (Å²) in [5.41, 5.74) is 2.88. The van der Waals surface area contributed by atoms with Gasteiger partial charge in [-0.15, -0.1) is 0 Å². The topological polar surface area (TPSA) is 84.8 Å². The summed E-state index contributed by atoms with van der Waals surface area (Å²) in [4.78, 5) is 17.1. The van der Waals surface area contributed by atoms with Gasteiger partial charge in [-0.25, -0.2) is 4.79 Å². The van der Waals surface area contributed by atoms with Crippen LogP contribution in [0.5, 0.6) is 17.2 Å². The molecule has 0 aromatic heterocycles. The molecule has 2 aliphatic rings. The number of fused-ring (bicyclic) bond motifs is 2. The second kappa shape index (κ2) is 8.59. The van der Waals surface area contributed by atoms with Gasteiger partial charge in [0.15, 0.2) is 18.3 Å². The largest absolute Gasteiger partial charge is 0.467 e. The summed E-state index contributed by atoms with van der Waals surface area (Å²) < 4.78 is 26.6. The van der Waals surface area contributed by atoms with Crippen molar-refractivity contribution in [1.29, 1.82) is 0 Å². The first-order chi connectivity index (χ1) is 14.1. The average Bonchev–Trinajstić information content (AvgIpc) is 3.19. The molecule has 2 aromatic rings. The number of hydrogen-bond donors (Lipinski definition) is 0. The standard InChI is InChI=1S/C20H18ClNO7/c1-12(13-2-3-17-18(6-13)27-11-26-17)22-29-9-19(23)25-8-15-5-16(21)4-14-7-24-10-28-20(14)15/h2-6H,7-11H2,1H3/b22-12-. The first-order valence-corrected chi connectivity index (χ1v) is 9.22. The number of carbonyl (C=O) groups is 1. The quantitative estimate of drug-likeness (QED) is 0.403. The van der Waals surface area contributed by atoms with Gasteiger partial charge in [0.1, 0.15) is 12.4 Å². The molecule has 152 valence electrons. The zero-order valence-electron chi connectivity index (χ0n) is 15.6. The lowest BCUT2D eigenvalue weighted by Gasteiger charge is -2.21. The summed E-state index contributed by atoms with van der Waals surface area (Å²) in [6.45, 7) is 2.19. The van der Waals surface area contributed by atoms with Gasteiger partial charge in [-0.2, -0.15) is 0 Å². The molecule has 0 saturated carbocycles. The van der Waals surface area contributed by atoms with Gasteiger partial charge in [0.2, 0.25) is 13.4 Å². The zero-order chi connectivity index (χ0) is 20.2. The van der Waals surface area contributed by atoms with Crippen molar-refractivity contribution in [3.05, 3.63) is 52.0 Å². The summed E-state index contributed by atoms with van der Waals surface area (Å²) in [5, 5.41) is 4.47. The number of rotatable bonds is 6. The highest BCUT2D eigenvalue weighted by atomic mass is 35.5. The Hall–Kier alpha value is -2.97. The second-order valence-electron chi connectivity index (χ2n) is 6.34. The molecule has 9 heteroatoms. The third-order valence-electron chi connectivity index (χ3n) is 4.31. The Kier molecular flexibility index (Phi) is 5.73. The van der Waals surface area contributed by atoms with E-state index in [9.17, 15) is 4.79 Å². The number of halogens is 1. The van der Waals surface area contributed by atoms with Crippen molar-refractivity contribution >= 4 is 23.3 Å². The molecule has 0 aliphatic carbocycles. The van der Waals surface area contributed by atoms with Gasteiger partial charge in [-0.05, 0) is 37.3 Å². The van der Waals surface area contributed by atoms with Crippen molar-refractivity contribution in [3.63, 3.8) is 0 Å². The Bertz CT molecular complexity index is 960. The fraction of sp³-hybridized carbons (Fsp3) is 0.300. The number of hydrogen-bond acceptors (Lipinski definition) is 8. The van der Waals surface area contributed by atoms with Crippen molar-refractivity contribution < 1.29 is 33.3 Å². The van der Waals surface area contributed by atoms with Crippen LogP contribution in [-0.2, 0) is 32.3 Å². The fourth-order valence-corrected chi connectivity index (χ4v) is 3.18. The average molecular weight is 420 g/mol. The molecule has 0 radical (unpaired) electrons. The molecule has 29 heavy (non-hydrogen) atoms. The molecule has 0 saturated heterocycles. The SMILES string of the molecule is C/C(=N/OCC(=O)OCc1cc(Cl)cc2c1OCOC2)c1ccc2c(c1)OCO2. The monoisotopic (exact) mass is 419 g/mol. The van der Waals surface area contributed by atoms with Gasteiger partial charge >= 0.3 is 5.97 Å². The van der Waals surface area contributed by atoms with Gasteiger partial charge in [0.05, 0.1) is 12.3 Å². The van der Waals surface area contributed by atoms with Crippen molar-refractivity contribution in [3.8, 4) is 17.2 Å². The first kappa shape index (κ1) is 19.4.